The Labute approximate surface area is 178 Å². The van der Waals surface area contributed by atoms with Crippen molar-refractivity contribution in [3.8, 4) is 11.6 Å². The molecular weight excluding hydrogens is 432 g/mol. The predicted molar refractivity (Wildman–Crippen MR) is 114 cm³/mol. The number of ether oxygens (including phenoxy) is 1. The Hall–Kier alpha value is -2.77. The van der Waals surface area contributed by atoms with Gasteiger partial charge in [0.25, 0.3) is 5.91 Å². The van der Waals surface area contributed by atoms with Crippen LogP contribution in [0.3, 0.4) is 0 Å². The summed E-state index contributed by atoms with van der Waals surface area (Å²) in [5, 5.41) is 0. The van der Waals surface area contributed by atoms with Crippen LogP contribution >= 0.6 is 15.9 Å². The molecule has 3 heterocycles. The number of pyridine rings is 2. The zero-order chi connectivity index (χ0) is 20.1. The van der Waals surface area contributed by atoms with E-state index in [2.05, 4.69) is 36.9 Å². The first-order valence-electron chi connectivity index (χ1n) is 9.48. The van der Waals surface area contributed by atoms with Gasteiger partial charge in [-0.25, -0.2) is 4.98 Å². The van der Waals surface area contributed by atoms with Gasteiger partial charge in [-0.3, -0.25) is 14.7 Å². The second-order valence-corrected chi connectivity index (χ2v) is 7.76. The number of piperazine rings is 1. The highest BCUT2D eigenvalue weighted by Gasteiger charge is 2.25. The fourth-order valence-corrected chi connectivity index (χ4v) is 3.68. The van der Waals surface area contributed by atoms with Crippen LogP contribution in [0.25, 0.3) is 0 Å². The van der Waals surface area contributed by atoms with E-state index in [0.29, 0.717) is 30.3 Å². The van der Waals surface area contributed by atoms with E-state index >= 15 is 0 Å². The minimum absolute atomic E-state index is 0.0517. The average Bonchev–Trinajstić information content (AvgIpc) is 2.75. The third-order valence-corrected chi connectivity index (χ3v) is 5.29. The van der Waals surface area contributed by atoms with Gasteiger partial charge in [0, 0.05) is 55.8 Å². The van der Waals surface area contributed by atoms with E-state index < -0.39 is 0 Å². The van der Waals surface area contributed by atoms with Crippen molar-refractivity contribution in [1.29, 1.82) is 0 Å². The minimum atomic E-state index is -0.0517. The number of nitrogens with zero attached hydrogens (tertiary/aromatic N) is 4. The van der Waals surface area contributed by atoms with E-state index in [1.807, 2.05) is 41.4 Å². The van der Waals surface area contributed by atoms with Crippen LogP contribution < -0.4 is 4.74 Å². The fraction of sp³-hybridized carbons (Fsp3) is 0.227. The van der Waals surface area contributed by atoms with E-state index in [1.165, 1.54) is 5.56 Å². The van der Waals surface area contributed by atoms with Crippen molar-refractivity contribution >= 4 is 21.8 Å². The summed E-state index contributed by atoms with van der Waals surface area (Å²) in [5.41, 5.74) is 1.66. The maximum absolute atomic E-state index is 13.1. The minimum Gasteiger partial charge on any atom is -0.438 e. The third kappa shape index (κ3) is 4.99. The summed E-state index contributed by atoms with van der Waals surface area (Å²) in [6.45, 7) is 3.83. The lowest BCUT2D eigenvalue weighted by atomic mass is 10.2. The molecule has 0 aliphatic carbocycles. The number of carbonyl (C=O) groups excluding carboxylic acids is 1. The third-order valence-electron chi connectivity index (χ3n) is 4.80. The van der Waals surface area contributed by atoms with Crippen LogP contribution in [0.15, 0.2) is 71.6 Å². The second-order valence-electron chi connectivity index (χ2n) is 6.85. The Balaban J connectivity index is 1.41. The van der Waals surface area contributed by atoms with Crippen molar-refractivity contribution in [1.82, 2.24) is 19.8 Å². The molecule has 0 unspecified atom stereocenters. The lowest BCUT2D eigenvalue weighted by Crippen LogP contribution is -2.48. The number of halogens is 1. The van der Waals surface area contributed by atoms with E-state index in [9.17, 15) is 4.79 Å². The Kier molecular flexibility index (Phi) is 6.17. The predicted octanol–water partition coefficient (Wildman–Crippen LogP) is 3.99. The number of aromatic nitrogens is 2. The summed E-state index contributed by atoms with van der Waals surface area (Å²) in [5.74, 6) is 0.908. The second kappa shape index (κ2) is 9.15. The number of hydrogen-bond acceptors (Lipinski definition) is 5. The molecule has 148 valence electrons. The van der Waals surface area contributed by atoms with Crippen LogP contribution in [0.1, 0.15) is 15.9 Å². The molecule has 0 spiro atoms. The average molecular weight is 453 g/mol. The van der Waals surface area contributed by atoms with Crippen LogP contribution in [0, 0.1) is 0 Å². The van der Waals surface area contributed by atoms with Gasteiger partial charge in [-0.15, -0.1) is 0 Å². The molecule has 0 radical (unpaired) electrons. The summed E-state index contributed by atoms with van der Waals surface area (Å²) < 4.78 is 6.80. The van der Waals surface area contributed by atoms with Crippen LogP contribution in [0.5, 0.6) is 11.6 Å². The molecule has 1 fully saturated rings. The van der Waals surface area contributed by atoms with Crippen molar-refractivity contribution in [3.05, 3.63) is 82.7 Å². The number of benzene rings is 1. The highest BCUT2D eigenvalue weighted by atomic mass is 79.9. The van der Waals surface area contributed by atoms with Gasteiger partial charge in [0.1, 0.15) is 11.3 Å². The summed E-state index contributed by atoms with van der Waals surface area (Å²) in [6, 6.07) is 15.0. The molecule has 1 aromatic carbocycles. The monoisotopic (exact) mass is 452 g/mol. The van der Waals surface area contributed by atoms with Crippen LogP contribution in [0.2, 0.25) is 0 Å². The first-order chi connectivity index (χ1) is 14.2. The number of carbonyl (C=O) groups is 1. The molecule has 1 amide bonds. The van der Waals surface area contributed by atoms with Gasteiger partial charge in [-0.05, 0) is 42.0 Å². The molecule has 4 rings (SSSR count). The van der Waals surface area contributed by atoms with E-state index in [-0.39, 0.29) is 5.91 Å². The van der Waals surface area contributed by atoms with E-state index in [1.54, 1.807) is 24.5 Å². The van der Waals surface area contributed by atoms with Crippen LogP contribution in [0.4, 0.5) is 0 Å². The van der Waals surface area contributed by atoms with Crippen molar-refractivity contribution in [2.45, 2.75) is 6.54 Å². The molecule has 0 N–H and O–H groups in total. The largest absolute Gasteiger partial charge is 0.438 e. The summed E-state index contributed by atoms with van der Waals surface area (Å²) >= 11 is 3.43. The Morgan fingerprint density at radius 2 is 1.86 bits per heavy atom. The quantitative estimate of drug-likeness (QED) is 0.585. The molecule has 0 atom stereocenters. The Bertz CT molecular complexity index is 975. The van der Waals surface area contributed by atoms with Gasteiger partial charge < -0.3 is 9.64 Å². The van der Waals surface area contributed by atoms with Crippen LogP contribution in [-0.4, -0.2) is 51.9 Å². The molecule has 29 heavy (non-hydrogen) atoms. The van der Waals surface area contributed by atoms with Gasteiger partial charge >= 0.3 is 0 Å². The zero-order valence-corrected chi connectivity index (χ0v) is 17.5. The van der Waals surface area contributed by atoms with Gasteiger partial charge in [0.2, 0.25) is 5.88 Å². The SMILES string of the molecule is O=C(c1cccnc1Oc1cccc(Br)c1)N1CCN(Cc2cccnc2)CC1. The lowest BCUT2D eigenvalue weighted by Gasteiger charge is -2.34. The number of amides is 1. The maximum atomic E-state index is 13.1. The highest BCUT2D eigenvalue weighted by molar-refractivity contribution is 9.10. The smallest absolute Gasteiger partial charge is 0.259 e. The summed E-state index contributed by atoms with van der Waals surface area (Å²) in [6.07, 6.45) is 5.30. The molecular formula is C22H21BrN4O2. The molecule has 1 saturated heterocycles. The molecule has 0 bridgehead atoms. The highest BCUT2D eigenvalue weighted by Crippen LogP contribution is 2.26. The van der Waals surface area contributed by atoms with Crippen molar-refractivity contribution in [2.24, 2.45) is 0 Å². The first-order valence-corrected chi connectivity index (χ1v) is 10.3. The topological polar surface area (TPSA) is 58.6 Å². The van der Waals surface area contributed by atoms with Crippen molar-refractivity contribution in [2.75, 3.05) is 26.2 Å². The molecule has 1 aliphatic heterocycles. The standard InChI is InChI=1S/C22H21BrN4O2/c23-18-5-1-6-19(14-18)29-21-20(7-3-9-25-21)22(28)27-12-10-26(11-13-27)16-17-4-2-8-24-15-17/h1-9,14-15H,10-13,16H2. The Morgan fingerprint density at radius 1 is 1.03 bits per heavy atom. The molecule has 1 aliphatic rings. The molecule has 3 aromatic rings. The van der Waals surface area contributed by atoms with Gasteiger partial charge in [-0.1, -0.05) is 28.1 Å². The zero-order valence-electron chi connectivity index (χ0n) is 15.9. The molecule has 7 heteroatoms. The summed E-state index contributed by atoms with van der Waals surface area (Å²) in [7, 11) is 0. The van der Waals surface area contributed by atoms with Crippen molar-refractivity contribution < 1.29 is 9.53 Å². The fourth-order valence-electron chi connectivity index (χ4n) is 3.31. The maximum Gasteiger partial charge on any atom is 0.259 e. The first kappa shape index (κ1) is 19.5. The lowest BCUT2D eigenvalue weighted by molar-refractivity contribution is 0.0625. The molecule has 6 nitrogen and oxygen atoms in total. The molecule has 2 aromatic heterocycles. The van der Waals surface area contributed by atoms with Gasteiger partial charge in [-0.2, -0.15) is 0 Å². The van der Waals surface area contributed by atoms with Gasteiger partial charge in [0.05, 0.1) is 0 Å². The number of rotatable bonds is 5. The van der Waals surface area contributed by atoms with Crippen LogP contribution in [-0.2, 0) is 6.54 Å². The molecule has 0 saturated carbocycles. The normalized spacial score (nSPS) is 14.6. The van der Waals surface area contributed by atoms with Crippen molar-refractivity contribution in [3.63, 3.8) is 0 Å². The number of hydrogen-bond donors (Lipinski definition) is 0. The van der Waals surface area contributed by atoms with E-state index in [4.69, 9.17) is 4.74 Å². The van der Waals surface area contributed by atoms with Gasteiger partial charge in [0.15, 0.2) is 0 Å². The summed E-state index contributed by atoms with van der Waals surface area (Å²) in [4.78, 5) is 25.8. The Morgan fingerprint density at radius 3 is 2.62 bits per heavy atom. The van der Waals surface area contributed by atoms with E-state index in [0.717, 1.165) is 24.1 Å².